The Kier molecular flexibility index (Phi) is 2.03. The first-order valence-corrected chi connectivity index (χ1v) is 4.88. The monoisotopic (exact) mass is 176 g/mol. The average molecular weight is 176 g/mol. The first kappa shape index (κ1) is 8.61. The van der Waals surface area contributed by atoms with Crippen LogP contribution in [0.1, 0.15) is 25.3 Å². The van der Waals surface area contributed by atoms with Gasteiger partial charge >= 0.3 is 0 Å². The molecule has 0 aliphatic heterocycles. The molecule has 2 atom stereocenters. The lowest BCUT2D eigenvalue weighted by Crippen LogP contribution is -1.85. The van der Waals surface area contributed by atoms with E-state index >= 15 is 0 Å². The molecule has 2 rings (SSSR count). The molecule has 1 aliphatic carbocycles. The van der Waals surface area contributed by atoms with Crippen LogP contribution in [0.3, 0.4) is 0 Å². The molecule has 0 N–H and O–H groups in total. The van der Waals surface area contributed by atoms with E-state index in [1.54, 1.807) is 7.11 Å². The predicted octanol–water partition coefficient (Wildman–Crippen LogP) is 3.06. The molecule has 1 saturated carbocycles. The van der Waals surface area contributed by atoms with Gasteiger partial charge in [0.25, 0.3) is 0 Å². The topological polar surface area (TPSA) is 9.23 Å². The zero-order valence-corrected chi connectivity index (χ0v) is 8.45. The number of methoxy groups -OCH3 is 1. The smallest absolute Gasteiger partial charge is 0.118 e. The van der Waals surface area contributed by atoms with Gasteiger partial charge in [-0.3, -0.25) is 0 Å². The maximum absolute atomic E-state index is 5.12. The van der Waals surface area contributed by atoms with Crippen LogP contribution in [0, 0.1) is 11.8 Å². The zero-order valence-electron chi connectivity index (χ0n) is 8.45. The first-order chi connectivity index (χ1) is 6.24. The Morgan fingerprint density at radius 2 is 1.54 bits per heavy atom. The number of hydrogen-bond donors (Lipinski definition) is 0. The van der Waals surface area contributed by atoms with Crippen LogP contribution in [-0.2, 0) is 0 Å². The molecule has 1 aromatic carbocycles. The van der Waals surface area contributed by atoms with Gasteiger partial charge in [-0.15, -0.1) is 0 Å². The second-order valence-corrected chi connectivity index (χ2v) is 4.02. The fourth-order valence-corrected chi connectivity index (χ4v) is 2.10. The quantitative estimate of drug-likeness (QED) is 0.673. The molecule has 1 aromatic rings. The van der Waals surface area contributed by atoms with E-state index in [2.05, 4.69) is 26.0 Å². The van der Waals surface area contributed by atoms with Crippen molar-refractivity contribution in [3.05, 3.63) is 29.8 Å². The summed E-state index contributed by atoms with van der Waals surface area (Å²) in [5.41, 5.74) is 1.46. The Morgan fingerprint density at radius 3 is 1.92 bits per heavy atom. The summed E-state index contributed by atoms with van der Waals surface area (Å²) in [5.74, 6) is 3.44. The molecule has 0 aromatic heterocycles. The van der Waals surface area contributed by atoms with Gasteiger partial charge in [0.2, 0.25) is 0 Å². The van der Waals surface area contributed by atoms with E-state index in [1.165, 1.54) is 5.56 Å². The zero-order chi connectivity index (χ0) is 9.42. The Hall–Kier alpha value is -0.980. The molecule has 0 bridgehead atoms. The fourth-order valence-electron chi connectivity index (χ4n) is 2.10. The highest BCUT2D eigenvalue weighted by molar-refractivity contribution is 5.33. The number of rotatable bonds is 2. The van der Waals surface area contributed by atoms with Crippen LogP contribution < -0.4 is 4.74 Å². The predicted molar refractivity (Wildman–Crippen MR) is 54.1 cm³/mol. The summed E-state index contributed by atoms with van der Waals surface area (Å²) < 4.78 is 5.12. The minimum absolute atomic E-state index is 0.783. The van der Waals surface area contributed by atoms with Crippen molar-refractivity contribution < 1.29 is 4.74 Å². The molecule has 2 unspecified atom stereocenters. The second kappa shape index (κ2) is 3.06. The Bertz CT molecular complexity index is 280. The lowest BCUT2D eigenvalue weighted by atomic mass is 10.1. The molecule has 0 saturated heterocycles. The molecule has 1 fully saturated rings. The largest absolute Gasteiger partial charge is 0.497 e. The number of hydrogen-bond acceptors (Lipinski definition) is 1. The number of benzene rings is 1. The molecule has 0 amide bonds. The molecular formula is C12H16O. The molecule has 1 heteroatoms. The average Bonchev–Trinajstić information content (AvgIpc) is 2.75. The van der Waals surface area contributed by atoms with Crippen LogP contribution in [0.25, 0.3) is 0 Å². The molecule has 1 aliphatic rings. The van der Waals surface area contributed by atoms with Gasteiger partial charge in [0.15, 0.2) is 0 Å². The van der Waals surface area contributed by atoms with Gasteiger partial charge in [-0.05, 0) is 35.4 Å². The lowest BCUT2D eigenvalue weighted by Gasteiger charge is -2.01. The Labute approximate surface area is 79.7 Å². The van der Waals surface area contributed by atoms with Gasteiger partial charge in [0, 0.05) is 0 Å². The summed E-state index contributed by atoms with van der Waals surface area (Å²) in [4.78, 5) is 0. The molecule has 0 spiro atoms. The molecule has 0 radical (unpaired) electrons. The van der Waals surface area contributed by atoms with Gasteiger partial charge in [-0.1, -0.05) is 26.0 Å². The van der Waals surface area contributed by atoms with E-state index in [9.17, 15) is 0 Å². The maximum Gasteiger partial charge on any atom is 0.118 e. The summed E-state index contributed by atoms with van der Waals surface area (Å²) in [6.45, 7) is 4.64. The van der Waals surface area contributed by atoms with Crippen LogP contribution in [-0.4, -0.2) is 7.11 Å². The molecule has 0 heterocycles. The summed E-state index contributed by atoms with van der Waals surface area (Å²) in [6.07, 6.45) is 0. The van der Waals surface area contributed by atoms with Crippen molar-refractivity contribution in [1.82, 2.24) is 0 Å². The van der Waals surface area contributed by atoms with E-state index < -0.39 is 0 Å². The van der Waals surface area contributed by atoms with E-state index in [0.717, 1.165) is 23.5 Å². The maximum atomic E-state index is 5.12. The standard InChI is InChI=1S/C12H16O/c1-8-9(2)12(8)10-4-6-11(13-3)7-5-10/h4-9,12H,1-3H3. The fraction of sp³-hybridized carbons (Fsp3) is 0.500. The van der Waals surface area contributed by atoms with Crippen molar-refractivity contribution in [2.45, 2.75) is 19.8 Å². The van der Waals surface area contributed by atoms with E-state index in [0.29, 0.717) is 0 Å². The highest BCUT2D eigenvalue weighted by Crippen LogP contribution is 2.53. The van der Waals surface area contributed by atoms with Crippen molar-refractivity contribution >= 4 is 0 Å². The van der Waals surface area contributed by atoms with Crippen LogP contribution >= 0.6 is 0 Å². The lowest BCUT2D eigenvalue weighted by molar-refractivity contribution is 0.414. The Balaban J connectivity index is 2.15. The SMILES string of the molecule is COc1ccc(C2C(C)C2C)cc1. The summed E-state index contributed by atoms with van der Waals surface area (Å²) in [5, 5.41) is 0. The van der Waals surface area contributed by atoms with Crippen molar-refractivity contribution in [3.63, 3.8) is 0 Å². The van der Waals surface area contributed by atoms with E-state index in [1.807, 2.05) is 12.1 Å². The molecular weight excluding hydrogens is 160 g/mol. The Morgan fingerprint density at radius 1 is 1.00 bits per heavy atom. The van der Waals surface area contributed by atoms with Crippen molar-refractivity contribution in [2.75, 3.05) is 7.11 Å². The van der Waals surface area contributed by atoms with Gasteiger partial charge in [0.05, 0.1) is 7.11 Å². The third-order valence-corrected chi connectivity index (χ3v) is 3.32. The summed E-state index contributed by atoms with van der Waals surface area (Å²) in [6, 6.07) is 8.47. The van der Waals surface area contributed by atoms with Crippen molar-refractivity contribution in [1.29, 1.82) is 0 Å². The third-order valence-electron chi connectivity index (χ3n) is 3.32. The highest BCUT2D eigenvalue weighted by Gasteiger charge is 2.43. The normalized spacial score (nSPS) is 31.5. The highest BCUT2D eigenvalue weighted by atomic mass is 16.5. The summed E-state index contributed by atoms with van der Waals surface area (Å²) in [7, 11) is 1.71. The van der Waals surface area contributed by atoms with Crippen LogP contribution in [0.5, 0.6) is 5.75 Å². The van der Waals surface area contributed by atoms with Gasteiger partial charge in [-0.2, -0.15) is 0 Å². The summed E-state index contributed by atoms with van der Waals surface area (Å²) >= 11 is 0. The molecule has 1 nitrogen and oxygen atoms in total. The van der Waals surface area contributed by atoms with Gasteiger partial charge < -0.3 is 4.74 Å². The minimum Gasteiger partial charge on any atom is -0.497 e. The first-order valence-electron chi connectivity index (χ1n) is 4.88. The van der Waals surface area contributed by atoms with Crippen molar-refractivity contribution in [3.8, 4) is 5.75 Å². The van der Waals surface area contributed by atoms with Crippen LogP contribution in [0.4, 0.5) is 0 Å². The second-order valence-electron chi connectivity index (χ2n) is 4.02. The molecule has 13 heavy (non-hydrogen) atoms. The minimum atomic E-state index is 0.783. The van der Waals surface area contributed by atoms with Gasteiger partial charge in [0.1, 0.15) is 5.75 Å². The van der Waals surface area contributed by atoms with Crippen LogP contribution in [0.15, 0.2) is 24.3 Å². The van der Waals surface area contributed by atoms with Crippen molar-refractivity contribution in [2.24, 2.45) is 11.8 Å². The van der Waals surface area contributed by atoms with E-state index in [4.69, 9.17) is 4.74 Å². The van der Waals surface area contributed by atoms with Crippen LogP contribution in [0.2, 0.25) is 0 Å². The third kappa shape index (κ3) is 1.43. The molecule has 70 valence electrons. The number of ether oxygens (including phenoxy) is 1. The van der Waals surface area contributed by atoms with Gasteiger partial charge in [-0.25, -0.2) is 0 Å². The van der Waals surface area contributed by atoms with E-state index in [-0.39, 0.29) is 0 Å².